The number of hydrogen-bond donors (Lipinski definition) is 0. The molecular weight excluding hydrogens is 277 g/mol. The lowest BCUT2D eigenvalue weighted by molar-refractivity contribution is 0.103. The van der Waals surface area contributed by atoms with Crippen molar-refractivity contribution >= 4 is 17.4 Å². The first kappa shape index (κ1) is 13.6. The molecule has 2 rings (SSSR count). The number of rotatable bonds is 2. The van der Waals surface area contributed by atoms with Gasteiger partial charge in [-0.25, -0.2) is 13.2 Å². The third-order valence-corrected chi connectivity index (χ3v) is 2.95. The Labute approximate surface area is 112 Å². The van der Waals surface area contributed by atoms with Crippen LogP contribution in [0.25, 0.3) is 0 Å². The second kappa shape index (κ2) is 5.05. The van der Waals surface area contributed by atoms with E-state index in [9.17, 15) is 18.0 Å². The van der Waals surface area contributed by atoms with Crippen molar-refractivity contribution in [2.45, 2.75) is 6.92 Å². The van der Waals surface area contributed by atoms with Gasteiger partial charge < -0.3 is 0 Å². The monoisotopic (exact) mass is 284 g/mol. The van der Waals surface area contributed by atoms with E-state index in [1.54, 1.807) is 6.92 Å². The minimum atomic E-state index is -1.66. The summed E-state index contributed by atoms with van der Waals surface area (Å²) >= 11 is 5.75. The van der Waals surface area contributed by atoms with Crippen molar-refractivity contribution in [2.24, 2.45) is 0 Å². The van der Waals surface area contributed by atoms with Gasteiger partial charge in [-0.1, -0.05) is 11.6 Å². The van der Waals surface area contributed by atoms with Gasteiger partial charge in [0.1, 0.15) is 0 Å². The average molecular weight is 285 g/mol. The fourth-order valence-corrected chi connectivity index (χ4v) is 1.95. The Kier molecular flexibility index (Phi) is 3.62. The molecule has 19 heavy (non-hydrogen) atoms. The van der Waals surface area contributed by atoms with Crippen LogP contribution in [-0.4, -0.2) is 5.78 Å². The van der Waals surface area contributed by atoms with Crippen LogP contribution < -0.4 is 0 Å². The lowest BCUT2D eigenvalue weighted by Crippen LogP contribution is -2.08. The minimum Gasteiger partial charge on any atom is -0.288 e. The zero-order valence-corrected chi connectivity index (χ0v) is 10.6. The lowest BCUT2D eigenvalue weighted by atomic mass is 9.98. The van der Waals surface area contributed by atoms with Gasteiger partial charge in [-0.05, 0) is 42.8 Å². The molecule has 5 heteroatoms. The Morgan fingerprint density at radius 1 is 1.00 bits per heavy atom. The van der Waals surface area contributed by atoms with E-state index in [0.717, 1.165) is 12.1 Å². The fourth-order valence-electron chi connectivity index (χ4n) is 1.73. The predicted molar refractivity (Wildman–Crippen MR) is 65.9 cm³/mol. The van der Waals surface area contributed by atoms with Crippen molar-refractivity contribution in [2.75, 3.05) is 0 Å². The van der Waals surface area contributed by atoms with E-state index in [4.69, 9.17) is 11.6 Å². The van der Waals surface area contributed by atoms with E-state index < -0.39 is 28.8 Å². The van der Waals surface area contributed by atoms with Crippen LogP contribution in [0.4, 0.5) is 13.2 Å². The molecule has 98 valence electrons. The van der Waals surface area contributed by atoms with E-state index in [-0.39, 0.29) is 5.56 Å². The van der Waals surface area contributed by atoms with Gasteiger partial charge in [0.2, 0.25) is 0 Å². The van der Waals surface area contributed by atoms with Crippen LogP contribution >= 0.6 is 11.6 Å². The summed E-state index contributed by atoms with van der Waals surface area (Å²) in [5, 5.41) is 0.430. The molecule has 0 saturated carbocycles. The largest absolute Gasteiger partial charge is 0.288 e. The van der Waals surface area contributed by atoms with Crippen molar-refractivity contribution in [3.05, 3.63) is 69.5 Å². The first-order valence-corrected chi connectivity index (χ1v) is 5.74. The summed E-state index contributed by atoms with van der Waals surface area (Å²) in [6.45, 7) is 1.62. The zero-order chi connectivity index (χ0) is 14.2. The number of benzene rings is 2. The maximum absolute atomic E-state index is 13.5. The zero-order valence-electron chi connectivity index (χ0n) is 9.81. The topological polar surface area (TPSA) is 17.1 Å². The third-order valence-electron chi connectivity index (χ3n) is 2.71. The molecule has 0 amide bonds. The number of aryl methyl sites for hydroxylation is 1. The predicted octanol–water partition coefficient (Wildman–Crippen LogP) is 4.30. The number of hydrogen-bond acceptors (Lipinski definition) is 1. The molecule has 0 saturated heterocycles. The van der Waals surface area contributed by atoms with Crippen molar-refractivity contribution in [1.29, 1.82) is 0 Å². The molecule has 0 unspecified atom stereocenters. The highest BCUT2D eigenvalue weighted by atomic mass is 35.5. The van der Waals surface area contributed by atoms with Crippen LogP contribution in [0.5, 0.6) is 0 Å². The summed E-state index contributed by atoms with van der Waals surface area (Å²) < 4.78 is 39.5. The molecule has 1 nitrogen and oxygen atoms in total. The summed E-state index contributed by atoms with van der Waals surface area (Å²) in [5.41, 5.74) is 0.209. The van der Waals surface area contributed by atoms with E-state index in [0.29, 0.717) is 10.6 Å². The van der Waals surface area contributed by atoms with Crippen molar-refractivity contribution in [1.82, 2.24) is 0 Å². The van der Waals surface area contributed by atoms with Crippen LogP contribution in [-0.2, 0) is 0 Å². The highest BCUT2D eigenvalue weighted by Gasteiger charge is 2.21. The fraction of sp³-hybridized carbons (Fsp3) is 0.0714. The van der Waals surface area contributed by atoms with E-state index >= 15 is 0 Å². The van der Waals surface area contributed by atoms with E-state index in [2.05, 4.69) is 0 Å². The maximum atomic E-state index is 13.5. The summed E-state index contributed by atoms with van der Waals surface area (Å²) in [6, 6.07) is 6.06. The molecule has 0 radical (unpaired) electrons. The van der Waals surface area contributed by atoms with Crippen LogP contribution in [0, 0.1) is 24.4 Å². The Hall–Kier alpha value is -1.81. The maximum Gasteiger partial charge on any atom is 0.196 e. The van der Waals surface area contributed by atoms with Crippen LogP contribution in [0.15, 0.2) is 30.3 Å². The second-order valence-corrected chi connectivity index (χ2v) is 4.45. The highest BCUT2D eigenvalue weighted by Crippen LogP contribution is 2.22. The van der Waals surface area contributed by atoms with Gasteiger partial charge in [0.25, 0.3) is 0 Å². The van der Waals surface area contributed by atoms with E-state index in [1.165, 1.54) is 18.2 Å². The molecule has 0 spiro atoms. The molecule has 2 aromatic rings. The van der Waals surface area contributed by atoms with Gasteiger partial charge in [0.15, 0.2) is 23.2 Å². The van der Waals surface area contributed by atoms with Gasteiger partial charge >= 0.3 is 0 Å². The number of carbonyl (C=O) groups is 1. The highest BCUT2D eigenvalue weighted by molar-refractivity contribution is 6.30. The normalized spacial score (nSPS) is 10.6. The van der Waals surface area contributed by atoms with Crippen LogP contribution in [0.3, 0.4) is 0 Å². The van der Waals surface area contributed by atoms with Crippen molar-refractivity contribution in [3.8, 4) is 0 Å². The molecule has 0 aliphatic rings. The third kappa shape index (κ3) is 2.49. The summed E-state index contributed by atoms with van der Waals surface area (Å²) in [7, 11) is 0. The molecule has 0 aliphatic heterocycles. The Morgan fingerprint density at radius 2 is 1.63 bits per heavy atom. The molecular formula is C14H8ClF3O. The van der Waals surface area contributed by atoms with E-state index in [1.807, 2.05) is 0 Å². The number of carbonyl (C=O) groups excluding carboxylic acids is 1. The second-order valence-electron chi connectivity index (χ2n) is 4.01. The lowest BCUT2D eigenvalue weighted by Gasteiger charge is -2.07. The first-order chi connectivity index (χ1) is 8.91. The summed E-state index contributed by atoms with van der Waals surface area (Å²) in [6.07, 6.45) is 0. The Morgan fingerprint density at radius 3 is 2.26 bits per heavy atom. The minimum absolute atomic E-state index is 0.189. The van der Waals surface area contributed by atoms with Crippen LogP contribution in [0.1, 0.15) is 21.5 Å². The quantitative estimate of drug-likeness (QED) is 0.594. The van der Waals surface area contributed by atoms with Gasteiger partial charge in [-0.15, -0.1) is 0 Å². The molecule has 0 aromatic heterocycles. The Bertz CT molecular complexity index is 668. The number of halogens is 4. The number of ketones is 1. The van der Waals surface area contributed by atoms with Crippen LogP contribution in [0.2, 0.25) is 5.02 Å². The first-order valence-electron chi connectivity index (χ1n) is 5.36. The van der Waals surface area contributed by atoms with Gasteiger partial charge in [-0.2, -0.15) is 0 Å². The summed E-state index contributed by atoms with van der Waals surface area (Å²) in [4.78, 5) is 12.1. The Balaban J connectivity index is 2.53. The van der Waals surface area contributed by atoms with Crippen molar-refractivity contribution in [3.63, 3.8) is 0 Å². The smallest absolute Gasteiger partial charge is 0.196 e. The SMILES string of the molecule is Cc1cc(Cl)ccc1C(=O)c1ccc(F)c(F)c1F. The molecule has 0 atom stereocenters. The molecule has 2 aromatic carbocycles. The molecule has 0 fully saturated rings. The molecule has 0 N–H and O–H groups in total. The molecule has 0 aliphatic carbocycles. The van der Waals surface area contributed by atoms with Crippen molar-refractivity contribution < 1.29 is 18.0 Å². The molecule has 0 bridgehead atoms. The molecule has 0 heterocycles. The van der Waals surface area contributed by atoms with Gasteiger partial charge in [-0.3, -0.25) is 4.79 Å². The average Bonchev–Trinajstić information content (AvgIpc) is 2.35. The van der Waals surface area contributed by atoms with Gasteiger partial charge in [0, 0.05) is 10.6 Å². The van der Waals surface area contributed by atoms with Gasteiger partial charge in [0.05, 0.1) is 5.56 Å². The summed E-state index contributed by atoms with van der Waals surface area (Å²) in [5.74, 6) is -5.19. The standard InChI is InChI=1S/C14H8ClF3O/c1-7-6-8(15)2-3-9(7)14(19)10-4-5-11(16)13(18)12(10)17/h2-6H,1H3.